The van der Waals surface area contributed by atoms with E-state index in [0.29, 0.717) is 0 Å². The molecule has 0 aromatic carbocycles. The summed E-state index contributed by atoms with van der Waals surface area (Å²) in [6.45, 7) is 1.99. The SMILES string of the molecule is CSCSc1ccoc1C. The molecule has 0 aliphatic rings. The Bertz CT molecular complexity index is 195. The number of hydrogen-bond donors (Lipinski definition) is 0. The second-order valence-electron chi connectivity index (χ2n) is 1.89. The lowest BCUT2D eigenvalue weighted by atomic mass is 10.5. The molecule has 1 aromatic heterocycles. The summed E-state index contributed by atoms with van der Waals surface area (Å²) in [4.78, 5) is 1.26. The van der Waals surface area contributed by atoms with Crippen LogP contribution in [-0.2, 0) is 0 Å². The molecule has 0 aliphatic heterocycles. The molecular formula is C7H10OS2. The standard InChI is InChI=1S/C7H10OS2/c1-6-7(3-4-8-6)10-5-9-2/h3-4H,5H2,1-2H3. The minimum absolute atomic E-state index is 1.03. The zero-order valence-electron chi connectivity index (χ0n) is 6.09. The molecule has 10 heavy (non-hydrogen) atoms. The molecule has 1 nitrogen and oxygen atoms in total. The van der Waals surface area contributed by atoms with Crippen molar-refractivity contribution < 1.29 is 4.42 Å². The minimum atomic E-state index is 1.03. The second-order valence-corrected chi connectivity index (χ2v) is 4.14. The van der Waals surface area contributed by atoms with Crippen LogP contribution in [0.25, 0.3) is 0 Å². The maximum absolute atomic E-state index is 5.13. The molecule has 0 bridgehead atoms. The van der Waals surface area contributed by atoms with Crippen LogP contribution < -0.4 is 0 Å². The van der Waals surface area contributed by atoms with Crippen molar-refractivity contribution in [3.63, 3.8) is 0 Å². The quantitative estimate of drug-likeness (QED) is 0.516. The van der Waals surface area contributed by atoms with E-state index in [1.807, 2.05) is 36.5 Å². The first-order valence-electron chi connectivity index (χ1n) is 3.00. The van der Waals surface area contributed by atoms with Crippen molar-refractivity contribution in [3.05, 3.63) is 18.1 Å². The predicted octanol–water partition coefficient (Wildman–Crippen LogP) is 3.00. The van der Waals surface area contributed by atoms with Gasteiger partial charge in [0.05, 0.1) is 6.26 Å². The molecule has 0 fully saturated rings. The summed E-state index contributed by atoms with van der Waals surface area (Å²) in [7, 11) is 0. The molecule has 1 heterocycles. The Labute approximate surface area is 69.6 Å². The normalized spacial score (nSPS) is 10.2. The molecule has 0 radical (unpaired) electrons. The Morgan fingerprint density at radius 2 is 2.40 bits per heavy atom. The Kier molecular flexibility index (Phi) is 3.22. The highest BCUT2D eigenvalue weighted by Gasteiger charge is 1.99. The lowest BCUT2D eigenvalue weighted by molar-refractivity contribution is 0.527. The summed E-state index contributed by atoms with van der Waals surface area (Å²) >= 11 is 3.65. The van der Waals surface area contributed by atoms with Gasteiger partial charge in [-0.1, -0.05) is 0 Å². The van der Waals surface area contributed by atoms with Crippen molar-refractivity contribution in [3.8, 4) is 0 Å². The molecule has 0 saturated heterocycles. The van der Waals surface area contributed by atoms with Gasteiger partial charge in [0.15, 0.2) is 0 Å². The molecule has 0 N–H and O–H groups in total. The lowest BCUT2D eigenvalue weighted by Crippen LogP contribution is -1.70. The van der Waals surface area contributed by atoms with Gasteiger partial charge in [0.25, 0.3) is 0 Å². The van der Waals surface area contributed by atoms with Gasteiger partial charge < -0.3 is 4.42 Å². The highest BCUT2D eigenvalue weighted by atomic mass is 32.2. The first kappa shape index (κ1) is 8.08. The van der Waals surface area contributed by atoms with Crippen molar-refractivity contribution in [2.45, 2.75) is 11.8 Å². The van der Waals surface area contributed by atoms with Gasteiger partial charge in [-0.25, -0.2) is 0 Å². The first-order valence-corrected chi connectivity index (χ1v) is 5.38. The van der Waals surface area contributed by atoms with E-state index < -0.39 is 0 Å². The average Bonchev–Trinajstić information content (AvgIpc) is 2.31. The molecule has 0 aliphatic carbocycles. The molecule has 0 saturated carbocycles. The summed E-state index contributed by atoms with van der Waals surface area (Å²) in [6.07, 6.45) is 3.83. The topological polar surface area (TPSA) is 13.1 Å². The van der Waals surface area contributed by atoms with Gasteiger partial charge in [-0.15, -0.1) is 11.8 Å². The largest absolute Gasteiger partial charge is 0.468 e. The van der Waals surface area contributed by atoms with E-state index >= 15 is 0 Å². The molecule has 0 atom stereocenters. The predicted molar refractivity (Wildman–Crippen MR) is 47.7 cm³/mol. The number of furan rings is 1. The van der Waals surface area contributed by atoms with Crippen LogP contribution >= 0.6 is 23.5 Å². The van der Waals surface area contributed by atoms with Gasteiger partial charge in [0.1, 0.15) is 5.76 Å². The van der Waals surface area contributed by atoms with Crippen LogP contribution in [0.3, 0.4) is 0 Å². The highest BCUT2D eigenvalue weighted by Crippen LogP contribution is 2.25. The highest BCUT2D eigenvalue weighted by molar-refractivity contribution is 8.15. The van der Waals surface area contributed by atoms with Gasteiger partial charge >= 0.3 is 0 Å². The Hall–Kier alpha value is -0.0200. The molecule has 3 heteroatoms. The zero-order valence-corrected chi connectivity index (χ0v) is 7.72. The van der Waals surface area contributed by atoms with Crippen molar-refractivity contribution in [2.75, 3.05) is 11.3 Å². The van der Waals surface area contributed by atoms with Crippen molar-refractivity contribution >= 4 is 23.5 Å². The third-order valence-electron chi connectivity index (χ3n) is 1.14. The number of aryl methyl sites for hydroxylation is 1. The summed E-state index contributed by atoms with van der Waals surface area (Å²) in [6, 6.07) is 2.01. The fourth-order valence-corrected chi connectivity index (χ4v) is 2.03. The van der Waals surface area contributed by atoms with Crippen LogP contribution in [0.4, 0.5) is 0 Å². The van der Waals surface area contributed by atoms with E-state index in [4.69, 9.17) is 4.42 Å². The van der Waals surface area contributed by atoms with Crippen LogP contribution in [0.15, 0.2) is 21.6 Å². The van der Waals surface area contributed by atoms with E-state index in [0.717, 1.165) is 10.8 Å². The monoisotopic (exact) mass is 174 g/mol. The first-order chi connectivity index (χ1) is 4.84. The van der Waals surface area contributed by atoms with E-state index in [1.54, 1.807) is 6.26 Å². The molecule has 56 valence electrons. The van der Waals surface area contributed by atoms with Crippen LogP contribution in [0, 0.1) is 6.92 Å². The Morgan fingerprint density at radius 1 is 1.60 bits per heavy atom. The Morgan fingerprint density at radius 3 is 2.90 bits per heavy atom. The third-order valence-corrected chi connectivity index (χ3v) is 3.29. The number of thioether (sulfide) groups is 2. The summed E-state index contributed by atoms with van der Waals surface area (Å²) in [5, 5.41) is 1.10. The zero-order chi connectivity index (χ0) is 7.40. The van der Waals surface area contributed by atoms with Crippen LogP contribution in [0.1, 0.15) is 5.76 Å². The van der Waals surface area contributed by atoms with Crippen LogP contribution in [-0.4, -0.2) is 11.3 Å². The molecular weight excluding hydrogens is 164 g/mol. The van der Waals surface area contributed by atoms with Gasteiger partial charge in [-0.3, -0.25) is 0 Å². The van der Waals surface area contributed by atoms with Gasteiger partial charge in [0, 0.05) is 9.98 Å². The van der Waals surface area contributed by atoms with Crippen molar-refractivity contribution in [1.29, 1.82) is 0 Å². The van der Waals surface area contributed by atoms with Crippen LogP contribution in [0.2, 0.25) is 0 Å². The molecule has 0 unspecified atom stereocenters. The minimum Gasteiger partial charge on any atom is -0.468 e. The second kappa shape index (κ2) is 3.98. The fraction of sp³-hybridized carbons (Fsp3) is 0.429. The van der Waals surface area contributed by atoms with Gasteiger partial charge in [-0.2, -0.15) is 11.8 Å². The van der Waals surface area contributed by atoms with Gasteiger partial charge in [-0.05, 0) is 19.2 Å². The van der Waals surface area contributed by atoms with Gasteiger partial charge in [0.2, 0.25) is 0 Å². The molecule has 0 amide bonds. The Balaban J connectivity index is 2.49. The fourth-order valence-electron chi connectivity index (χ4n) is 0.645. The third kappa shape index (κ3) is 1.99. The molecule has 1 rings (SSSR count). The summed E-state index contributed by atoms with van der Waals surface area (Å²) in [5.74, 6) is 1.03. The molecule has 1 aromatic rings. The average molecular weight is 174 g/mol. The molecule has 0 spiro atoms. The van der Waals surface area contributed by atoms with E-state index in [1.165, 1.54) is 4.90 Å². The summed E-state index contributed by atoms with van der Waals surface area (Å²) < 4.78 is 5.13. The maximum atomic E-state index is 5.13. The maximum Gasteiger partial charge on any atom is 0.114 e. The lowest BCUT2D eigenvalue weighted by Gasteiger charge is -1.93. The smallest absolute Gasteiger partial charge is 0.114 e. The van der Waals surface area contributed by atoms with Crippen molar-refractivity contribution in [1.82, 2.24) is 0 Å². The number of rotatable bonds is 3. The van der Waals surface area contributed by atoms with E-state index in [2.05, 4.69) is 6.26 Å². The number of hydrogen-bond acceptors (Lipinski definition) is 3. The van der Waals surface area contributed by atoms with Crippen LogP contribution in [0.5, 0.6) is 0 Å². The van der Waals surface area contributed by atoms with E-state index in [9.17, 15) is 0 Å². The van der Waals surface area contributed by atoms with Crippen molar-refractivity contribution in [2.24, 2.45) is 0 Å². The summed E-state index contributed by atoms with van der Waals surface area (Å²) in [5.41, 5.74) is 0. The van der Waals surface area contributed by atoms with E-state index in [-0.39, 0.29) is 0 Å².